The van der Waals surface area contributed by atoms with Crippen molar-refractivity contribution < 1.29 is 24.2 Å². The SMILES string of the molecule is CC(=O)Nc1ccc(SC[C@H]2C[C@@H](c3ccc(CO)cc3)O[C@@H](c3cccc(-c4cccc(CNC(=O)NC56CC7CC(CC(C7)C5)C6)c4)c3)O2)cc1. The summed E-state index contributed by atoms with van der Waals surface area (Å²) in [6.45, 7) is 1.97. The van der Waals surface area contributed by atoms with E-state index in [0.717, 1.165) is 86.7 Å². The third-order valence-electron chi connectivity index (χ3n) is 11.5. The minimum atomic E-state index is -0.572. The Labute approximate surface area is 316 Å². The Morgan fingerprint density at radius 3 is 2.13 bits per heavy atom. The van der Waals surface area contributed by atoms with E-state index >= 15 is 0 Å². The van der Waals surface area contributed by atoms with E-state index in [2.05, 4.69) is 52.3 Å². The molecule has 0 radical (unpaired) electrons. The fraction of sp³-hybridized carbons (Fsp3) is 0.409. The Balaban J connectivity index is 0.943. The Hall–Kier alpha value is -4.15. The second kappa shape index (κ2) is 15.7. The summed E-state index contributed by atoms with van der Waals surface area (Å²) in [6, 6.07) is 32.4. The third-order valence-corrected chi connectivity index (χ3v) is 12.7. The molecule has 1 saturated heterocycles. The molecule has 8 nitrogen and oxygen atoms in total. The normalized spacial score (nSPS) is 27.3. The molecule has 53 heavy (non-hydrogen) atoms. The maximum Gasteiger partial charge on any atom is 0.315 e. The van der Waals surface area contributed by atoms with E-state index in [1.165, 1.54) is 26.2 Å². The van der Waals surface area contributed by atoms with Gasteiger partial charge in [0.15, 0.2) is 6.29 Å². The Morgan fingerprint density at radius 2 is 1.45 bits per heavy atom. The van der Waals surface area contributed by atoms with Crippen LogP contribution < -0.4 is 16.0 Å². The fourth-order valence-corrected chi connectivity index (χ4v) is 10.4. The van der Waals surface area contributed by atoms with Crippen LogP contribution >= 0.6 is 11.8 Å². The minimum Gasteiger partial charge on any atom is -0.392 e. The molecule has 3 atom stereocenters. The van der Waals surface area contributed by atoms with Crippen LogP contribution in [0, 0.1) is 17.8 Å². The molecule has 9 rings (SSSR count). The van der Waals surface area contributed by atoms with E-state index in [1.807, 2.05) is 60.7 Å². The van der Waals surface area contributed by atoms with Crippen LogP contribution in [0.15, 0.2) is 102 Å². The summed E-state index contributed by atoms with van der Waals surface area (Å²) in [5.74, 6) is 3.00. The van der Waals surface area contributed by atoms with Gasteiger partial charge in [-0.05, 0) is 120 Å². The van der Waals surface area contributed by atoms with E-state index in [9.17, 15) is 14.7 Å². The summed E-state index contributed by atoms with van der Waals surface area (Å²) in [5, 5.41) is 19.0. The Kier molecular flexibility index (Phi) is 10.6. The van der Waals surface area contributed by atoms with E-state index in [1.54, 1.807) is 11.8 Å². The molecule has 5 aliphatic rings. The zero-order valence-electron chi connectivity index (χ0n) is 30.3. The molecule has 0 spiro atoms. The Bertz CT molecular complexity index is 1880. The predicted molar refractivity (Wildman–Crippen MR) is 208 cm³/mol. The number of amides is 3. The lowest BCUT2D eigenvalue weighted by atomic mass is 9.53. The van der Waals surface area contributed by atoms with Crippen LogP contribution in [0.25, 0.3) is 11.1 Å². The van der Waals surface area contributed by atoms with Crippen LogP contribution in [0.4, 0.5) is 10.5 Å². The summed E-state index contributed by atoms with van der Waals surface area (Å²) in [4.78, 5) is 25.7. The number of aliphatic hydroxyl groups excluding tert-OH is 1. The van der Waals surface area contributed by atoms with Crippen molar-refractivity contribution in [2.45, 2.75) is 94.0 Å². The smallest absolute Gasteiger partial charge is 0.315 e. The predicted octanol–water partition coefficient (Wildman–Crippen LogP) is 8.91. The molecule has 5 fully saturated rings. The van der Waals surface area contributed by atoms with Gasteiger partial charge in [-0.15, -0.1) is 11.8 Å². The van der Waals surface area contributed by atoms with E-state index in [0.29, 0.717) is 13.0 Å². The number of anilines is 1. The number of nitrogens with one attached hydrogen (secondary N) is 3. The highest BCUT2D eigenvalue weighted by molar-refractivity contribution is 7.99. The summed E-state index contributed by atoms with van der Waals surface area (Å²) in [7, 11) is 0. The minimum absolute atomic E-state index is 0.00335. The first-order chi connectivity index (χ1) is 25.8. The molecule has 4 aromatic carbocycles. The monoisotopic (exact) mass is 731 g/mol. The summed E-state index contributed by atoms with van der Waals surface area (Å²) in [6.07, 6.45) is 7.32. The number of rotatable bonds is 11. The average Bonchev–Trinajstić information content (AvgIpc) is 3.16. The fourth-order valence-electron chi connectivity index (χ4n) is 9.51. The highest BCUT2D eigenvalue weighted by atomic mass is 32.2. The summed E-state index contributed by atoms with van der Waals surface area (Å²) >= 11 is 1.72. The molecular formula is C44H49N3O5S. The van der Waals surface area contributed by atoms with Gasteiger partial charge in [-0.3, -0.25) is 4.79 Å². The lowest BCUT2D eigenvalue weighted by Gasteiger charge is -2.56. The lowest BCUT2D eigenvalue weighted by Crippen LogP contribution is -2.61. The van der Waals surface area contributed by atoms with Crippen LogP contribution in [0.2, 0.25) is 0 Å². The van der Waals surface area contributed by atoms with Crippen molar-refractivity contribution in [3.63, 3.8) is 0 Å². The molecule has 1 aliphatic heterocycles. The quantitative estimate of drug-likeness (QED) is 0.115. The molecule has 276 valence electrons. The van der Waals surface area contributed by atoms with Crippen molar-refractivity contribution in [3.8, 4) is 11.1 Å². The first kappa shape index (κ1) is 35.9. The van der Waals surface area contributed by atoms with Crippen LogP contribution in [-0.2, 0) is 27.4 Å². The zero-order valence-corrected chi connectivity index (χ0v) is 31.1. The molecule has 4 aliphatic carbocycles. The van der Waals surface area contributed by atoms with Gasteiger partial charge in [0.1, 0.15) is 0 Å². The molecule has 9 heteroatoms. The van der Waals surface area contributed by atoms with Crippen LogP contribution in [0.3, 0.4) is 0 Å². The summed E-state index contributed by atoms with van der Waals surface area (Å²) in [5.41, 5.74) is 6.78. The first-order valence-corrected chi connectivity index (χ1v) is 20.0. The number of ether oxygens (including phenoxy) is 2. The molecule has 4 N–H and O–H groups in total. The van der Waals surface area contributed by atoms with Gasteiger partial charge in [0.05, 0.1) is 18.8 Å². The van der Waals surface area contributed by atoms with Crippen LogP contribution in [0.5, 0.6) is 0 Å². The largest absolute Gasteiger partial charge is 0.392 e. The number of benzene rings is 4. The maximum absolute atomic E-state index is 13.2. The topological polar surface area (TPSA) is 109 Å². The van der Waals surface area contributed by atoms with Gasteiger partial charge in [-0.1, -0.05) is 60.7 Å². The molecule has 0 unspecified atom stereocenters. The highest BCUT2D eigenvalue weighted by Gasteiger charge is 2.51. The molecular weight excluding hydrogens is 683 g/mol. The second-order valence-electron chi connectivity index (χ2n) is 15.7. The zero-order chi connectivity index (χ0) is 36.4. The van der Waals surface area contributed by atoms with Crippen LogP contribution in [-0.4, -0.2) is 34.4 Å². The third kappa shape index (κ3) is 8.65. The van der Waals surface area contributed by atoms with Crippen molar-refractivity contribution >= 4 is 29.4 Å². The summed E-state index contributed by atoms with van der Waals surface area (Å²) < 4.78 is 13.3. The number of carbonyl (C=O) groups is 2. The van der Waals surface area contributed by atoms with E-state index in [-0.39, 0.29) is 36.3 Å². The molecule has 4 saturated carbocycles. The van der Waals surface area contributed by atoms with Crippen LogP contribution in [0.1, 0.15) is 86.5 Å². The molecule has 1 heterocycles. The van der Waals surface area contributed by atoms with Crippen molar-refractivity contribution in [1.82, 2.24) is 10.6 Å². The molecule has 3 amide bonds. The second-order valence-corrected chi connectivity index (χ2v) is 16.8. The van der Waals surface area contributed by atoms with Crippen molar-refractivity contribution in [3.05, 3.63) is 119 Å². The number of thioether (sulfide) groups is 1. The lowest BCUT2D eigenvalue weighted by molar-refractivity contribution is -0.245. The van der Waals surface area contributed by atoms with Crippen molar-refractivity contribution in [2.75, 3.05) is 11.1 Å². The van der Waals surface area contributed by atoms with Crippen molar-refractivity contribution in [2.24, 2.45) is 17.8 Å². The number of urea groups is 1. The maximum atomic E-state index is 13.2. The molecule has 0 aromatic heterocycles. The van der Waals surface area contributed by atoms with Gasteiger partial charge in [0, 0.05) is 47.3 Å². The van der Waals surface area contributed by atoms with E-state index < -0.39 is 6.29 Å². The van der Waals surface area contributed by atoms with Gasteiger partial charge in [0.25, 0.3) is 0 Å². The number of hydrogen-bond acceptors (Lipinski definition) is 6. The van der Waals surface area contributed by atoms with Gasteiger partial charge in [0.2, 0.25) is 5.91 Å². The number of aliphatic hydroxyl groups is 1. The average molecular weight is 732 g/mol. The standard InChI is InChI=1S/C44H49N3O5S/c1-28(49)46-38-12-14-40(15-13-38)53-27-39-21-41(34-10-8-29(26-48)9-11-34)52-42(51-39)37-7-3-6-36(20-37)35-5-2-4-30(19-35)25-45-43(50)47-44-22-31-16-32(23-44)18-33(17-31)24-44/h2-15,19-20,31-33,39,41-42,48H,16-18,21-27H2,1H3,(H,46,49)(H2,45,47,50)/t31?,32?,33?,39-,41+,42+,44?/m1/s1. The highest BCUT2D eigenvalue weighted by Crippen LogP contribution is 2.55. The van der Waals surface area contributed by atoms with Gasteiger partial charge < -0.3 is 30.5 Å². The van der Waals surface area contributed by atoms with E-state index in [4.69, 9.17) is 9.47 Å². The first-order valence-electron chi connectivity index (χ1n) is 19.0. The Morgan fingerprint density at radius 1 is 0.774 bits per heavy atom. The van der Waals surface area contributed by atoms with Gasteiger partial charge in [-0.25, -0.2) is 4.79 Å². The van der Waals surface area contributed by atoms with Gasteiger partial charge in [-0.2, -0.15) is 0 Å². The number of carbonyl (C=O) groups excluding carboxylic acids is 2. The molecule has 4 aromatic rings. The van der Waals surface area contributed by atoms with Gasteiger partial charge >= 0.3 is 6.03 Å². The van der Waals surface area contributed by atoms with Crippen molar-refractivity contribution in [1.29, 1.82) is 0 Å². The molecule has 4 bridgehead atoms. The number of hydrogen-bond donors (Lipinski definition) is 4.